The third-order valence-corrected chi connectivity index (χ3v) is 4.23. The van der Waals surface area contributed by atoms with E-state index in [1.54, 1.807) is 0 Å². The zero-order valence-electron chi connectivity index (χ0n) is 12.8. The molecule has 20 heavy (non-hydrogen) atoms. The highest BCUT2D eigenvalue weighted by Gasteiger charge is 2.18. The quantitative estimate of drug-likeness (QED) is 0.894. The van der Waals surface area contributed by atoms with Gasteiger partial charge in [0, 0.05) is 38.9 Å². The molecule has 0 atom stereocenters. The highest BCUT2D eigenvalue weighted by molar-refractivity contribution is 6.33. The van der Waals surface area contributed by atoms with Crippen molar-refractivity contribution in [3.05, 3.63) is 23.2 Å². The van der Waals surface area contributed by atoms with Crippen LogP contribution < -0.4 is 10.2 Å². The van der Waals surface area contributed by atoms with Gasteiger partial charge in [0.15, 0.2) is 0 Å². The molecule has 2 rings (SSSR count). The molecule has 0 aliphatic carbocycles. The lowest BCUT2D eigenvalue weighted by Gasteiger charge is -2.32. The second-order valence-electron chi connectivity index (χ2n) is 5.82. The Morgan fingerprint density at radius 2 is 2.00 bits per heavy atom. The molecule has 1 saturated heterocycles. The average Bonchev–Trinajstić information content (AvgIpc) is 2.41. The van der Waals surface area contributed by atoms with Crippen LogP contribution in [0.3, 0.4) is 0 Å². The van der Waals surface area contributed by atoms with Crippen molar-refractivity contribution in [2.45, 2.75) is 32.2 Å². The molecular formula is C16H26ClN3. The minimum Gasteiger partial charge on any atom is -0.382 e. The Morgan fingerprint density at radius 1 is 1.30 bits per heavy atom. The van der Waals surface area contributed by atoms with E-state index < -0.39 is 0 Å². The number of likely N-dealkylation sites (tertiary alicyclic amines) is 1. The van der Waals surface area contributed by atoms with Gasteiger partial charge in [-0.2, -0.15) is 0 Å². The van der Waals surface area contributed by atoms with Gasteiger partial charge in [-0.1, -0.05) is 18.5 Å². The number of benzene rings is 1. The lowest BCUT2D eigenvalue weighted by molar-refractivity contribution is 0.219. The summed E-state index contributed by atoms with van der Waals surface area (Å²) in [4.78, 5) is 4.59. The normalized spacial score (nSPS) is 17.2. The number of hydrogen-bond donors (Lipinski definition) is 1. The van der Waals surface area contributed by atoms with Gasteiger partial charge in [0.25, 0.3) is 0 Å². The monoisotopic (exact) mass is 295 g/mol. The molecule has 3 nitrogen and oxygen atoms in total. The number of halogens is 1. The second kappa shape index (κ2) is 7.19. The number of piperidine rings is 1. The summed E-state index contributed by atoms with van der Waals surface area (Å²) in [7, 11) is 4.02. The Morgan fingerprint density at radius 3 is 2.55 bits per heavy atom. The van der Waals surface area contributed by atoms with Crippen molar-refractivity contribution < 1.29 is 0 Å². The highest BCUT2D eigenvalue weighted by Crippen LogP contribution is 2.28. The van der Waals surface area contributed by atoms with Crippen molar-refractivity contribution in [2.24, 2.45) is 0 Å². The van der Waals surface area contributed by atoms with Crippen molar-refractivity contribution in [3.63, 3.8) is 0 Å². The first-order valence-corrected chi connectivity index (χ1v) is 7.93. The Bertz CT molecular complexity index is 426. The second-order valence-corrected chi connectivity index (χ2v) is 6.23. The summed E-state index contributed by atoms with van der Waals surface area (Å²) in [5.74, 6) is 0. The van der Waals surface area contributed by atoms with E-state index in [0.29, 0.717) is 6.04 Å². The van der Waals surface area contributed by atoms with Crippen molar-refractivity contribution in [2.75, 3.05) is 43.9 Å². The zero-order valence-corrected chi connectivity index (χ0v) is 13.6. The van der Waals surface area contributed by atoms with Gasteiger partial charge in [0.05, 0.1) is 10.7 Å². The number of rotatable bonds is 5. The molecule has 0 saturated carbocycles. The fourth-order valence-electron chi connectivity index (χ4n) is 2.81. The molecule has 112 valence electrons. The topological polar surface area (TPSA) is 18.5 Å². The Labute approximate surface area is 127 Å². The van der Waals surface area contributed by atoms with Gasteiger partial charge in [-0.25, -0.2) is 0 Å². The first-order valence-electron chi connectivity index (χ1n) is 7.56. The van der Waals surface area contributed by atoms with Crippen LogP contribution in [0.25, 0.3) is 0 Å². The van der Waals surface area contributed by atoms with Crippen molar-refractivity contribution in [1.29, 1.82) is 0 Å². The number of nitrogens with zero attached hydrogens (tertiary/aromatic N) is 2. The predicted octanol–water partition coefficient (Wildman–Crippen LogP) is 3.69. The molecule has 0 radical (unpaired) electrons. The Kier molecular flexibility index (Phi) is 5.55. The molecule has 0 aromatic heterocycles. The van der Waals surface area contributed by atoms with Gasteiger partial charge in [-0.3, -0.25) is 0 Å². The summed E-state index contributed by atoms with van der Waals surface area (Å²) in [5, 5.41) is 4.43. The van der Waals surface area contributed by atoms with Crippen LogP contribution in [0, 0.1) is 0 Å². The molecule has 0 spiro atoms. The summed E-state index contributed by atoms with van der Waals surface area (Å²) in [6.45, 7) is 5.89. The van der Waals surface area contributed by atoms with Crippen LogP contribution in [0.15, 0.2) is 18.2 Å². The smallest absolute Gasteiger partial charge is 0.0659 e. The van der Waals surface area contributed by atoms with Crippen molar-refractivity contribution in [1.82, 2.24) is 4.90 Å². The van der Waals surface area contributed by atoms with Crippen LogP contribution in [0.5, 0.6) is 0 Å². The van der Waals surface area contributed by atoms with Crippen LogP contribution in [-0.4, -0.2) is 44.7 Å². The maximum absolute atomic E-state index is 6.32. The third kappa shape index (κ3) is 4.03. The van der Waals surface area contributed by atoms with Gasteiger partial charge in [-0.15, -0.1) is 0 Å². The summed E-state index contributed by atoms with van der Waals surface area (Å²) < 4.78 is 0. The van der Waals surface area contributed by atoms with E-state index in [1.807, 2.05) is 25.1 Å². The molecule has 1 fully saturated rings. The fourth-order valence-corrected chi connectivity index (χ4v) is 3.16. The Hall–Kier alpha value is -0.930. The lowest BCUT2D eigenvalue weighted by Crippen LogP contribution is -2.39. The molecular weight excluding hydrogens is 270 g/mol. The molecule has 0 amide bonds. The molecule has 1 N–H and O–H groups in total. The summed E-state index contributed by atoms with van der Waals surface area (Å²) in [5.41, 5.74) is 2.20. The number of anilines is 2. The standard InChI is InChI=1S/C16H26ClN3/c1-4-9-20-10-7-13(8-11-20)18-14-5-6-16(19(2)3)15(17)12-14/h5-6,12-13,18H,4,7-11H2,1-3H3. The molecule has 0 unspecified atom stereocenters. The van der Waals surface area contributed by atoms with E-state index in [-0.39, 0.29) is 0 Å². The van der Waals surface area contributed by atoms with Crippen LogP contribution in [-0.2, 0) is 0 Å². The molecule has 1 heterocycles. The molecule has 1 aromatic rings. The van der Waals surface area contributed by atoms with Gasteiger partial charge in [0.1, 0.15) is 0 Å². The molecule has 1 aromatic carbocycles. The first-order chi connectivity index (χ1) is 9.60. The largest absolute Gasteiger partial charge is 0.382 e. The maximum atomic E-state index is 6.32. The summed E-state index contributed by atoms with van der Waals surface area (Å²) >= 11 is 6.32. The predicted molar refractivity (Wildman–Crippen MR) is 89.2 cm³/mol. The van der Waals surface area contributed by atoms with E-state index in [0.717, 1.165) is 16.4 Å². The SMILES string of the molecule is CCCN1CCC(Nc2ccc(N(C)C)c(Cl)c2)CC1. The van der Waals surface area contributed by atoms with E-state index in [4.69, 9.17) is 11.6 Å². The summed E-state index contributed by atoms with van der Waals surface area (Å²) in [6, 6.07) is 6.82. The molecule has 4 heteroatoms. The van der Waals surface area contributed by atoms with Crippen molar-refractivity contribution >= 4 is 23.0 Å². The van der Waals surface area contributed by atoms with E-state index >= 15 is 0 Å². The van der Waals surface area contributed by atoms with Gasteiger partial charge >= 0.3 is 0 Å². The van der Waals surface area contributed by atoms with Gasteiger partial charge in [-0.05, 0) is 44.0 Å². The minimum absolute atomic E-state index is 0.573. The van der Waals surface area contributed by atoms with Crippen molar-refractivity contribution in [3.8, 4) is 0 Å². The van der Waals surface area contributed by atoms with E-state index in [2.05, 4.69) is 29.3 Å². The average molecular weight is 296 g/mol. The molecule has 1 aliphatic rings. The van der Waals surface area contributed by atoms with Crippen LogP contribution in [0.2, 0.25) is 5.02 Å². The minimum atomic E-state index is 0.573. The number of hydrogen-bond acceptors (Lipinski definition) is 3. The first kappa shape index (κ1) is 15.5. The zero-order chi connectivity index (χ0) is 14.5. The lowest BCUT2D eigenvalue weighted by atomic mass is 10.0. The van der Waals surface area contributed by atoms with Gasteiger partial charge in [0.2, 0.25) is 0 Å². The fraction of sp³-hybridized carbons (Fsp3) is 0.625. The van der Waals surface area contributed by atoms with Crippen LogP contribution >= 0.6 is 11.6 Å². The number of nitrogens with one attached hydrogen (secondary N) is 1. The van der Waals surface area contributed by atoms with Gasteiger partial charge < -0.3 is 15.1 Å². The van der Waals surface area contributed by atoms with E-state index in [1.165, 1.54) is 38.9 Å². The van der Waals surface area contributed by atoms with E-state index in [9.17, 15) is 0 Å². The Balaban J connectivity index is 1.90. The molecule has 0 bridgehead atoms. The third-order valence-electron chi connectivity index (χ3n) is 3.93. The highest BCUT2D eigenvalue weighted by atomic mass is 35.5. The van der Waals surface area contributed by atoms with Crippen LogP contribution in [0.1, 0.15) is 26.2 Å². The summed E-state index contributed by atoms with van der Waals surface area (Å²) in [6.07, 6.45) is 3.68. The molecule has 1 aliphatic heterocycles. The van der Waals surface area contributed by atoms with Crippen LogP contribution in [0.4, 0.5) is 11.4 Å². The maximum Gasteiger partial charge on any atom is 0.0659 e.